The van der Waals surface area contributed by atoms with Crippen molar-refractivity contribution in [1.82, 2.24) is 0 Å². The van der Waals surface area contributed by atoms with Gasteiger partial charge in [-0.25, -0.2) is 0 Å². The van der Waals surface area contributed by atoms with Crippen molar-refractivity contribution < 1.29 is 19.5 Å². The van der Waals surface area contributed by atoms with Crippen molar-refractivity contribution in [1.29, 1.82) is 0 Å². The normalized spacial score (nSPS) is 1.60. The molecular formula is C4H8Zn+2. The molecule has 1 heteroatoms. The van der Waals surface area contributed by atoms with Gasteiger partial charge in [-0.05, 0) is 0 Å². The molecule has 0 saturated carbocycles. The Morgan fingerprint density at radius 2 is 0.600 bits per heavy atom. The van der Waals surface area contributed by atoms with Crippen LogP contribution in [0.4, 0.5) is 0 Å². The van der Waals surface area contributed by atoms with Crippen LogP contribution in [0, 0.1) is 0 Å². The second-order valence-electron chi connectivity index (χ2n) is 0. The average molecular weight is 121 g/mol. The SMILES string of the molecule is C=C.C=C.[Zn+2]. The van der Waals surface area contributed by atoms with Gasteiger partial charge in [0, 0.05) is 0 Å². The van der Waals surface area contributed by atoms with Gasteiger partial charge in [0.1, 0.15) is 0 Å². The largest absolute Gasteiger partial charge is 2.00 e. The van der Waals surface area contributed by atoms with E-state index < -0.39 is 0 Å². The van der Waals surface area contributed by atoms with Gasteiger partial charge in [0.25, 0.3) is 0 Å². The van der Waals surface area contributed by atoms with Crippen molar-refractivity contribution in [3.8, 4) is 0 Å². The van der Waals surface area contributed by atoms with Crippen molar-refractivity contribution in [3.63, 3.8) is 0 Å². The molecule has 0 saturated heterocycles. The van der Waals surface area contributed by atoms with Gasteiger partial charge in [0.2, 0.25) is 0 Å². The summed E-state index contributed by atoms with van der Waals surface area (Å²) in [6.07, 6.45) is 0. The van der Waals surface area contributed by atoms with Gasteiger partial charge in [0.15, 0.2) is 0 Å². The summed E-state index contributed by atoms with van der Waals surface area (Å²) >= 11 is 0. The third-order valence-corrected chi connectivity index (χ3v) is 0. The first-order valence-corrected chi connectivity index (χ1v) is 1.000. The molecule has 24 valence electrons. The Hall–Kier alpha value is 0.103. The first-order valence-electron chi connectivity index (χ1n) is 1.000. The van der Waals surface area contributed by atoms with Crippen LogP contribution in [0.25, 0.3) is 0 Å². The smallest absolute Gasteiger partial charge is 0.106 e. The van der Waals surface area contributed by atoms with Crippen molar-refractivity contribution in [2.75, 3.05) is 0 Å². The van der Waals surface area contributed by atoms with E-state index in [4.69, 9.17) is 0 Å². The van der Waals surface area contributed by atoms with E-state index in [1.807, 2.05) is 0 Å². The van der Waals surface area contributed by atoms with Gasteiger partial charge in [-0.2, -0.15) is 0 Å². The summed E-state index contributed by atoms with van der Waals surface area (Å²) in [4.78, 5) is 0. The van der Waals surface area contributed by atoms with Crippen molar-refractivity contribution in [2.45, 2.75) is 0 Å². The topological polar surface area (TPSA) is 0 Å². The zero-order valence-corrected chi connectivity index (χ0v) is 6.50. The molecule has 0 spiro atoms. The molecule has 0 atom stereocenters. The van der Waals surface area contributed by atoms with Gasteiger partial charge >= 0.3 is 19.5 Å². The molecule has 0 fully saturated rings. The first-order chi connectivity index (χ1) is 2.00. The molecule has 0 aromatic carbocycles. The van der Waals surface area contributed by atoms with Gasteiger partial charge in [-0.3, -0.25) is 0 Å². The number of hydrogen-bond donors (Lipinski definition) is 0. The van der Waals surface area contributed by atoms with E-state index in [-0.39, 0.29) is 19.5 Å². The molecule has 0 aromatic rings. The Balaban J connectivity index is -0.0000000133. The molecule has 0 aliphatic heterocycles. The zero-order valence-electron chi connectivity index (χ0n) is 3.54. The molecule has 0 rings (SSSR count). The minimum atomic E-state index is 0. The van der Waals surface area contributed by atoms with Gasteiger partial charge in [0.05, 0.1) is 0 Å². The Morgan fingerprint density at radius 1 is 0.600 bits per heavy atom. The second-order valence-corrected chi connectivity index (χ2v) is 0. The van der Waals surface area contributed by atoms with Crippen molar-refractivity contribution in [3.05, 3.63) is 26.3 Å². The van der Waals surface area contributed by atoms with Crippen LogP contribution in [-0.2, 0) is 19.5 Å². The van der Waals surface area contributed by atoms with E-state index in [0.717, 1.165) is 0 Å². The molecule has 0 heterocycles. The summed E-state index contributed by atoms with van der Waals surface area (Å²) in [5.41, 5.74) is 0. The number of rotatable bonds is 0. The van der Waals surface area contributed by atoms with Crippen LogP contribution in [0.2, 0.25) is 0 Å². The Labute approximate surface area is 46.3 Å². The molecule has 5 heavy (non-hydrogen) atoms. The summed E-state index contributed by atoms with van der Waals surface area (Å²) in [6.45, 7) is 12.0. The van der Waals surface area contributed by atoms with Crippen LogP contribution in [0.3, 0.4) is 0 Å². The zero-order chi connectivity index (χ0) is 4.00. The molecule has 0 amide bonds. The molecule has 0 aromatic heterocycles. The first kappa shape index (κ1) is 19.4. The van der Waals surface area contributed by atoms with E-state index in [9.17, 15) is 0 Å². The third kappa shape index (κ3) is 1700. The molecule has 0 aliphatic rings. The van der Waals surface area contributed by atoms with E-state index in [0.29, 0.717) is 0 Å². The minimum absolute atomic E-state index is 0. The Kier molecular flexibility index (Phi) is 14400. The monoisotopic (exact) mass is 120 g/mol. The molecule has 0 N–H and O–H groups in total. The Bertz CT molecular complexity index is 5.61. The third-order valence-electron chi connectivity index (χ3n) is 0. The fourth-order valence-corrected chi connectivity index (χ4v) is 0. The van der Waals surface area contributed by atoms with Crippen LogP contribution in [0.5, 0.6) is 0 Å². The maximum atomic E-state index is 3.00. The Morgan fingerprint density at radius 3 is 0.600 bits per heavy atom. The summed E-state index contributed by atoms with van der Waals surface area (Å²) in [5.74, 6) is 0. The van der Waals surface area contributed by atoms with E-state index >= 15 is 0 Å². The average Bonchev–Trinajstić information content (AvgIpc) is 1.50. The fourth-order valence-electron chi connectivity index (χ4n) is 0. The van der Waals surface area contributed by atoms with E-state index in [1.165, 1.54) is 0 Å². The van der Waals surface area contributed by atoms with Crippen LogP contribution in [0.15, 0.2) is 26.3 Å². The van der Waals surface area contributed by atoms with Gasteiger partial charge in [-0.15, -0.1) is 26.3 Å². The second kappa shape index (κ2) is 3700. The summed E-state index contributed by atoms with van der Waals surface area (Å²) in [5, 5.41) is 0. The van der Waals surface area contributed by atoms with Crippen LogP contribution < -0.4 is 0 Å². The van der Waals surface area contributed by atoms with Crippen molar-refractivity contribution in [2.24, 2.45) is 0 Å². The predicted molar refractivity (Wildman–Crippen MR) is 22.5 cm³/mol. The molecule has 0 unspecified atom stereocenters. The maximum absolute atomic E-state index is 3.00. The van der Waals surface area contributed by atoms with Crippen LogP contribution in [-0.4, -0.2) is 0 Å². The van der Waals surface area contributed by atoms with E-state index in [2.05, 4.69) is 26.3 Å². The van der Waals surface area contributed by atoms with Crippen molar-refractivity contribution >= 4 is 0 Å². The van der Waals surface area contributed by atoms with Crippen LogP contribution >= 0.6 is 0 Å². The molecule has 0 nitrogen and oxygen atoms in total. The molecule has 0 aliphatic carbocycles. The molecule has 0 bridgehead atoms. The minimum Gasteiger partial charge on any atom is -0.106 e. The number of hydrogen-bond acceptors (Lipinski definition) is 0. The van der Waals surface area contributed by atoms with Gasteiger partial charge in [-0.1, -0.05) is 0 Å². The fraction of sp³-hybridized carbons (Fsp3) is 0. The molecular weight excluding hydrogens is 113 g/mol. The quantitative estimate of drug-likeness (QED) is 0.337. The van der Waals surface area contributed by atoms with E-state index in [1.54, 1.807) is 0 Å². The summed E-state index contributed by atoms with van der Waals surface area (Å²) in [7, 11) is 0. The van der Waals surface area contributed by atoms with Crippen LogP contribution in [0.1, 0.15) is 0 Å². The predicted octanol–water partition coefficient (Wildman–Crippen LogP) is 1.60. The maximum Gasteiger partial charge on any atom is 2.00 e. The molecule has 0 radical (unpaired) electrons. The standard InChI is InChI=1S/2C2H4.Zn/c2*1-2;/h2*1-2H2;/q;;+2. The van der Waals surface area contributed by atoms with Gasteiger partial charge < -0.3 is 0 Å². The summed E-state index contributed by atoms with van der Waals surface area (Å²) < 4.78 is 0. The summed E-state index contributed by atoms with van der Waals surface area (Å²) in [6, 6.07) is 0.